The molecule has 0 saturated carbocycles. The fraction of sp³-hybridized carbons (Fsp3) is 0.538. The number of ether oxygens (including phenoxy) is 3. The zero-order valence-corrected chi connectivity index (χ0v) is 10.4. The van der Waals surface area contributed by atoms with Crippen LogP contribution in [0.2, 0.25) is 0 Å². The highest BCUT2D eigenvalue weighted by Gasteiger charge is 2.29. The molecule has 4 nitrogen and oxygen atoms in total. The molecule has 1 aromatic rings. The van der Waals surface area contributed by atoms with Crippen molar-refractivity contribution in [3.63, 3.8) is 0 Å². The second-order valence-electron chi connectivity index (χ2n) is 4.71. The van der Waals surface area contributed by atoms with Gasteiger partial charge in [0.25, 0.3) is 0 Å². The molecule has 0 atom stereocenters. The van der Waals surface area contributed by atoms with Crippen molar-refractivity contribution in [3.05, 3.63) is 17.7 Å². The van der Waals surface area contributed by atoms with Gasteiger partial charge >= 0.3 is 0 Å². The second-order valence-corrected chi connectivity index (χ2v) is 4.71. The third kappa shape index (κ3) is 2.05. The van der Waals surface area contributed by atoms with Gasteiger partial charge in [0, 0.05) is 11.0 Å². The van der Waals surface area contributed by atoms with E-state index in [2.05, 4.69) is 0 Å². The fourth-order valence-electron chi connectivity index (χ4n) is 1.91. The van der Waals surface area contributed by atoms with E-state index in [1.807, 2.05) is 26.0 Å². The average Bonchev–Trinajstić information content (AvgIpc) is 2.37. The number of hydrogen-bond donors (Lipinski definition) is 1. The van der Waals surface area contributed by atoms with Crippen LogP contribution in [0.25, 0.3) is 0 Å². The summed E-state index contributed by atoms with van der Waals surface area (Å²) in [4.78, 5) is 0. The number of hydrogen-bond acceptors (Lipinski definition) is 4. The molecule has 1 heterocycles. The van der Waals surface area contributed by atoms with E-state index in [1.54, 1.807) is 7.11 Å². The molecule has 0 aromatic heterocycles. The highest BCUT2D eigenvalue weighted by molar-refractivity contribution is 5.58. The Labute approximate surface area is 101 Å². The Kier molecular flexibility index (Phi) is 3.15. The van der Waals surface area contributed by atoms with Crippen LogP contribution in [0.1, 0.15) is 19.4 Å². The van der Waals surface area contributed by atoms with Crippen LogP contribution in [-0.2, 0) is 5.41 Å². The summed E-state index contributed by atoms with van der Waals surface area (Å²) in [6, 6.07) is 3.78. The van der Waals surface area contributed by atoms with Crippen LogP contribution in [-0.4, -0.2) is 32.0 Å². The maximum Gasteiger partial charge on any atom is 0.203 e. The topological polar surface area (TPSA) is 47.9 Å². The van der Waals surface area contributed by atoms with E-state index < -0.39 is 0 Å². The van der Waals surface area contributed by atoms with E-state index in [9.17, 15) is 5.11 Å². The lowest BCUT2D eigenvalue weighted by molar-refractivity contribution is 0.162. The summed E-state index contributed by atoms with van der Waals surface area (Å²) in [6.45, 7) is 5.04. The van der Waals surface area contributed by atoms with E-state index in [-0.39, 0.29) is 12.0 Å². The molecule has 1 aliphatic heterocycles. The average molecular weight is 238 g/mol. The molecule has 0 unspecified atom stereocenters. The third-order valence-electron chi connectivity index (χ3n) is 2.99. The van der Waals surface area contributed by atoms with Crippen molar-refractivity contribution < 1.29 is 19.3 Å². The number of fused-ring (bicyclic) bond motifs is 1. The molecule has 1 aromatic carbocycles. The Morgan fingerprint density at radius 3 is 2.65 bits per heavy atom. The van der Waals surface area contributed by atoms with Crippen molar-refractivity contribution in [2.45, 2.75) is 19.3 Å². The van der Waals surface area contributed by atoms with E-state index in [0.29, 0.717) is 30.5 Å². The minimum absolute atomic E-state index is 0.0446. The zero-order valence-electron chi connectivity index (χ0n) is 10.4. The van der Waals surface area contributed by atoms with Crippen LogP contribution in [0, 0.1) is 0 Å². The second kappa shape index (κ2) is 4.45. The molecule has 0 bridgehead atoms. The molecule has 0 radical (unpaired) electrons. The van der Waals surface area contributed by atoms with Gasteiger partial charge < -0.3 is 19.3 Å². The van der Waals surface area contributed by atoms with Crippen LogP contribution >= 0.6 is 0 Å². The van der Waals surface area contributed by atoms with Gasteiger partial charge in [-0.1, -0.05) is 19.9 Å². The predicted molar refractivity (Wildman–Crippen MR) is 64.1 cm³/mol. The van der Waals surface area contributed by atoms with E-state index in [4.69, 9.17) is 14.2 Å². The first-order valence-corrected chi connectivity index (χ1v) is 5.68. The Morgan fingerprint density at radius 1 is 1.29 bits per heavy atom. The van der Waals surface area contributed by atoms with Gasteiger partial charge in [-0.15, -0.1) is 0 Å². The van der Waals surface area contributed by atoms with Gasteiger partial charge in [0.1, 0.15) is 13.2 Å². The molecular weight excluding hydrogens is 220 g/mol. The Morgan fingerprint density at radius 2 is 2.00 bits per heavy atom. The van der Waals surface area contributed by atoms with E-state index in [0.717, 1.165) is 5.56 Å². The summed E-state index contributed by atoms with van der Waals surface area (Å²) in [7, 11) is 1.60. The molecule has 94 valence electrons. The Bertz CT molecular complexity index is 412. The first-order chi connectivity index (χ1) is 8.10. The van der Waals surface area contributed by atoms with Crippen molar-refractivity contribution in [3.8, 4) is 17.2 Å². The summed E-state index contributed by atoms with van der Waals surface area (Å²) in [6.07, 6.45) is 0. The molecule has 0 aliphatic carbocycles. The summed E-state index contributed by atoms with van der Waals surface area (Å²) >= 11 is 0. The number of aliphatic hydroxyl groups is 1. The van der Waals surface area contributed by atoms with Crippen molar-refractivity contribution in [1.29, 1.82) is 0 Å². The van der Waals surface area contributed by atoms with Crippen LogP contribution < -0.4 is 14.2 Å². The molecular formula is C13H18O4. The molecule has 17 heavy (non-hydrogen) atoms. The maximum absolute atomic E-state index is 9.44. The van der Waals surface area contributed by atoms with Crippen molar-refractivity contribution in [1.82, 2.24) is 0 Å². The lowest BCUT2D eigenvalue weighted by Gasteiger charge is -2.28. The predicted octanol–water partition coefficient (Wildman–Crippen LogP) is 1.74. The number of rotatable bonds is 3. The molecule has 4 heteroatoms. The number of benzene rings is 1. The van der Waals surface area contributed by atoms with E-state index in [1.165, 1.54) is 0 Å². The first kappa shape index (κ1) is 12.0. The fourth-order valence-corrected chi connectivity index (χ4v) is 1.91. The Balaban J connectivity index is 2.54. The van der Waals surface area contributed by atoms with Gasteiger partial charge in [-0.25, -0.2) is 0 Å². The van der Waals surface area contributed by atoms with Crippen molar-refractivity contribution >= 4 is 0 Å². The van der Waals surface area contributed by atoms with Crippen molar-refractivity contribution in [2.24, 2.45) is 0 Å². The highest BCUT2D eigenvalue weighted by atomic mass is 16.6. The molecule has 0 spiro atoms. The van der Waals surface area contributed by atoms with E-state index >= 15 is 0 Å². The molecule has 0 amide bonds. The van der Waals surface area contributed by atoms with Gasteiger partial charge in [0.05, 0.1) is 13.7 Å². The van der Waals surface area contributed by atoms with Crippen LogP contribution in [0.3, 0.4) is 0 Å². The summed E-state index contributed by atoms with van der Waals surface area (Å²) < 4.78 is 16.5. The number of methoxy groups -OCH3 is 1. The van der Waals surface area contributed by atoms with Gasteiger partial charge in [-0.3, -0.25) is 0 Å². The summed E-state index contributed by atoms with van der Waals surface area (Å²) in [5, 5.41) is 9.44. The largest absolute Gasteiger partial charge is 0.492 e. The first-order valence-electron chi connectivity index (χ1n) is 5.68. The minimum Gasteiger partial charge on any atom is -0.492 e. The quantitative estimate of drug-likeness (QED) is 0.871. The van der Waals surface area contributed by atoms with Gasteiger partial charge in [-0.2, -0.15) is 0 Å². The standard InChI is InChI=1S/C13H18O4/c1-13(2,8-14)9-4-5-10-12(11(9)15-3)17-7-6-16-10/h4-5,14H,6-8H2,1-3H3. The van der Waals surface area contributed by atoms with Crippen LogP contribution in [0.5, 0.6) is 17.2 Å². The number of aliphatic hydroxyl groups excluding tert-OH is 1. The monoisotopic (exact) mass is 238 g/mol. The van der Waals surface area contributed by atoms with Gasteiger partial charge in [-0.05, 0) is 6.07 Å². The summed E-state index contributed by atoms with van der Waals surface area (Å²) in [5.74, 6) is 1.99. The van der Waals surface area contributed by atoms with Gasteiger partial charge in [0.15, 0.2) is 11.5 Å². The van der Waals surface area contributed by atoms with Crippen LogP contribution in [0.15, 0.2) is 12.1 Å². The molecule has 1 N–H and O–H groups in total. The van der Waals surface area contributed by atoms with Crippen LogP contribution in [0.4, 0.5) is 0 Å². The molecule has 2 rings (SSSR count). The molecule has 0 saturated heterocycles. The molecule has 0 fully saturated rings. The summed E-state index contributed by atoms with van der Waals surface area (Å²) in [5.41, 5.74) is 0.549. The van der Waals surface area contributed by atoms with Gasteiger partial charge in [0.2, 0.25) is 5.75 Å². The molecule has 1 aliphatic rings. The lowest BCUT2D eigenvalue weighted by atomic mass is 9.84. The lowest BCUT2D eigenvalue weighted by Crippen LogP contribution is -2.24. The smallest absolute Gasteiger partial charge is 0.203 e. The van der Waals surface area contributed by atoms with Crippen molar-refractivity contribution in [2.75, 3.05) is 26.9 Å². The SMILES string of the molecule is COc1c(C(C)(C)CO)ccc2c1OCCO2. The normalized spacial score (nSPS) is 14.6. The highest BCUT2D eigenvalue weighted by Crippen LogP contribution is 2.45. The Hall–Kier alpha value is -1.42. The zero-order chi connectivity index (χ0) is 12.5. The minimum atomic E-state index is -0.374. The maximum atomic E-state index is 9.44. The third-order valence-corrected chi connectivity index (χ3v) is 2.99.